The van der Waals surface area contributed by atoms with Crippen molar-refractivity contribution in [1.82, 2.24) is 14.9 Å². The van der Waals surface area contributed by atoms with Gasteiger partial charge in [0.15, 0.2) is 0 Å². The van der Waals surface area contributed by atoms with Crippen molar-refractivity contribution < 1.29 is 37.4 Å². The quantitative estimate of drug-likeness (QED) is 0.321. The number of likely N-dealkylation sites (N-methyl/N-ethyl adjacent to an activating group) is 1. The van der Waals surface area contributed by atoms with Gasteiger partial charge in [0.2, 0.25) is 5.91 Å². The zero-order valence-corrected chi connectivity index (χ0v) is 22.4. The van der Waals surface area contributed by atoms with Gasteiger partial charge < -0.3 is 24.6 Å². The summed E-state index contributed by atoms with van der Waals surface area (Å²) in [6, 6.07) is 20.2. The SMILES string of the molecule is COc1cc(C=CC(=O)NC2C(=O)N(C)c3ccccc3-c3ccccc32)ccc1-n1ccnc1.O=C(O)C(F)(F)F. The number of halogens is 3. The topological polar surface area (TPSA) is 114 Å². The summed E-state index contributed by atoms with van der Waals surface area (Å²) in [5, 5.41) is 10.0. The fourth-order valence-electron chi connectivity index (χ4n) is 4.35. The van der Waals surface area contributed by atoms with Gasteiger partial charge in [-0.2, -0.15) is 13.2 Å². The second-order valence-electron chi connectivity index (χ2n) is 8.98. The summed E-state index contributed by atoms with van der Waals surface area (Å²) in [4.78, 5) is 40.9. The van der Waals surface area contributed by atoms with Crippen LogP contribution in [0.2, 0.25) is 0 Å². The average molecular weight is 579 g/mol. The largest absolute Gasteiger partial charge is 0.495 e. The maximum Gasteiger partial charge on any atom is 0.490 e. The number of amides is 2. The maximum absolute atomic E-state index is 13.4. The number of para-hydroxylation sites is 1. The number of carbonyl (C=O) groups excluding carboxylic acids is 2. The predicted octanol–water partition coefficient (Wildman–Crippen LogP) is 5.03. The lowest BCUT2D eigenvalue weighted by Gasteiger charge is -2.22. The number of rotatable bonds is 5. The molecule has 9 nitrogen and oxygen atoms in total. The molecule has 0 fully saturated rings. The molecular formula is C30H25F3N4O5. The molecule has 1 aliphatic heterocycles. The van der Waals surface area contributed by atoms with E-state index in [9.17, 15) is 22.8 Å². The third kappa shape index (κ3) is 6.49. The third-order valence-electron chi connectivity index (χ3n) is 6.35. The van der Waals surface area contributed by atoms with Crippen LogP contribution in [0.25, 0.3) is 22.9 Å². The van der Waals surface area contributed by atoms with Crippen molar-refractivity contribution in [3.05, 3.63) is 103 Å². The molecule has 0 radical (unpaired) electrons. The Morgan fingerprint density at radius 2 is 1.69 bits per heavy atom. The third-order valence-corrected chi connectivity index (χ3v) is 6.35. The Hall–Kier alpha value is -5.39. The fourth-order valence-corrected chi connectivity index (χ4v) is 4.35. The summed E-state index contributed by atoms with van der Waals surface area (Å²) >= 11 is 0. The van der Waals surface area contributed by atoms with Crippen molar-refractivity contribution in [2.45, 2.75) is 12.2 Å². The van der Waals surface area contributed by atoms with E-state index in [2.05, 4.69) is 10.3 Å². The Kier molecular flexibility index (Phi) is 8.75. The number of carboxylic acids is 1. The van der Waals surface area contributed by atoms with E-state index in [4.69, 9.17) is 14.6 Å². The maximum atomic E-state index is 13.4. The summed E-state index contributed by atoms with van der Waals surface area (Å²) in [5.41, 5.74) is 5.09. The van der Waals surface area contributed by atoms with Gasteiger partial charge >= 0.3 is 12.1 Å². The number of ether oxygens (including phenoxy) is 1. The molecule has 5 rings (SSSR count). The molecule has 4 aromatic rings. The number of benzene rings is 3. The van der Waals surface area contributed by atoms with Gasteiger partial charge in [-0.1, -0.05) is 48.5 Å². The van der Waals surface area contributed by atoms with E-state index >= 15 is 0 Å². The van der Waals surface area contributed by atoms with Crippen LogP contribution in [0.5, 0.6) is 5.75 Å². The number of aromatic nitrogens is 2. The predicted molar refractivity (Wildman–Crippen MR) is 149 cm³/mol. The van der Waals surface area contributed by atoms with Gasteiger partial charge in [0.1, 0.15) is 11.8 Å². The van der Waals surface area contributed by atoms with Crippen LogP contribution < -0.4 is 15.0 Å². The van der Waals surface area contributed by atoms with Crippen LogP contribution >= 0.6 is 0 Å². The molecule has 3 aromatic carbocycles. The number of methoxy groups -OCH3 is 1. The molecule has 1 aromatic heterocycles. The van der Waals surface area contributed by atoms with Crippen molar-refractivity contribution in [3.8, 4) is 22.6 Å². The number of hydrogen-bond acceptors (Lipinski definition) is 5. The zero-order chi connectivity index (χ0) is 30.4. The van der Waals surface area contributed by atoms with Gasteiger partial charge in [0.25, 0.3) is 5.91 Å². The van der Waals surface area contributed by atoms with Crippen molar-refractivity contribution in [2.24, 2.45) is 0 Å². The van der Waals surface area contributed by atoms with Gasteiger partial charge in [-0.3, -0.25) is 9.59 Å². The molecule has 0 spiro atoms. The number of hydrogen-bond donors (Lipinski definition) is 2. The first kappa shape index (κ1) is 29.6. The number of nitrogens with one attached hydrogen (secondary N) is 1. The van der Waals surface area contributed by atoms with Crippen LogP contribution in [0.4, 0.5) is 18.9 Å². The second kappa shape index (κ2) is 12.4. The van der Waals surface area contributed by atoms with E-state index in [0.717, 1.165) is 33.6 Å². The number of aliphatic carboxylic acids is 1. The Morgan fingerprint density at radius 3 is 2.33 bits per heavy atom. The minimum Gasteiger partial charge on any atom is -0.495 e. The molecule has 2 heterocycles. The Morgan fingerprint density at radius 1 is 1.02 bits per heavy atom. The molecule has 2 N–H and O–H groups in total. The summed E-state index contributed by atoms with van der Waals surface area (Å²) < 4.78 is 39.1. The van der Waals surface area contributed by atoms with Gasteiger partial charge in [0, 0.05) is 31.1 Å². The number of carbonyl (C=O) groups is 3. The molecular weight excluding hydrogens is 553 g/mol. The zero-order valence-electron chi connectivity index (χ0n) is 22.4. The fraction of sp³-hybridized carbons (Fsp3) is 0.133. The Balaban J connectivity index is 0.000000517. The first-order valence-corrected chi connectivity index (χ1v) is 12.4. The van der Waals surface area contributed by atoms with E-state index < -0.39 is 18.2 Å². The van der Waals surface area contributed by atoms with Crippen LogP contribution in [-0.4, -0.2) is 52.8 Å². The van der Waals surface area contributed by atoms with Crippen molar-refractivity contribution in [3.63, 3.8) is 0 Å². The molecule has 1 aliphatic rings. The lowest BCUT2D eigenvalue weighted by Crippen LogP contribution is -2.40. The van der Waals surface area contributed by atoms with Crippen molar-refractivity contribution in [2.75, 3.05) is 19.1 Å². The molecule has 0 saturated carbocycles. The number of carboxylic acid groups (broad SMARTS) is 1. The summed E-state index contributed by atoms with van der Waals surface area (Å²) in [7, 11) is 3.33. The molecule has 0 saturated heterocycles. The van der Waals surface area contributed by atoms with Crippen LogP contribution in [0.1, 0.15) is 17.2 Å². The number of fused-ring (bicyclic) bond motifs is 3. The monoisotopic (exact) mass is 578 g/mol. The highest BCUT2D eigenvalue weighted by molar-refractivity contribution is 6.07. The van der Waals surface area contributed by atoms with E-state index in [1.807, 2.05) is 77.5 Å². The number of imidazole rings is 1. The van der Waals surface area contributed by atoms with Crippen LogP contribution in [0.3, 0.4) is 0 Å². The van der Waals surface area contributed by atoms with Gasteiger partial charge in [-0.05, 0) is 41.0 Å². The molecule has 1 atom stereocenters. The first-order valence-electron chi connectivity index (χ1n) is 12.4. The van der Waals surface area contributed by atoms with E-state index in [-0.39, 0.29) is 11.8 Å². The van der Waals surface area contributed by atoms with Gasteiger partial charge in [-0.15, -0.1) is 0 Å². The molecule has 1 unspecified atom stereocenters. The lowest BCUT2D eigenvalue weighted by molar-refractivity contribution is -0.192. The number of nitrogens with zero attached hydrogens (tertiary/aromatic N) is 3. The minimum atomic E-state index is -5.08. The van der Waals surface area contributed by atoms with Crippen molar-refractivity contribution in [1.29, 1.82) is 0 Å². The standard InChI is InChI=1S/C28H24N4O3.C2HF3O2/c1-31-23-10-6-5-8-21(23)20-7-3-4-9-22(20)27(28(31)34)30-26(33)14-12-19-11-13-24(25(17-19)35-2)32-16-15-29-18-32;3-2(4,5)1(6)7/h3-18,27H,1-2H3,(H,30,33);(H,6,7). The minimum absolute atomic E-state index is 0.199. The molecule has 42 heavy (non-hydrogen) atoms. The van der Waals surface area contributed by atoms with E-state index in [1.54, 1.807) is 37.7 Å². The molecule has 0 bridgehead atoms. The highest BCUT2D eigenvalue weighted by Gasteiger charge is 2.38. The molecule has 0 aliphatic carbocycles. The van der Waals surface area contributed by atoms with Crippen molar-refractivity contribution >= 4 is 29.5 Å². The first-order chi connectivity index (χ1) is 20.0. The van der Waals surface area contributed by atoms with Crippen LogP contribution in [0.15, 0.2) is 91.5 Å². The number of anilines is 1. The van der Waals surface area contributed by atoms with Crippen LogP contribution in [-0.2, 0) is 14.4 Å². The summed E-state index contributed by atoms with van der Waals surface area (Å²) in [6.45, 7) is 0. The van der Waals surface area contributed by atoms with E-state index in [1.165, 1.54) is 6.08 Å². The Bertz CT molecular complexity index is 1630. The summed E-state index contributed by atoms with van der Waals surface area (Å²) in [6.07, 6.45) is 3.26. The lowest BCUT2D eigenvalue weighted by atomic mass is 9.95. The summed E-state index contributed by atoms with van der Waals surface area (Å²) in [5.74, 6) is -2.67. The molecule has 216 valence electrons. The average Bonchev–Trinajstić information content (AvgIpc) is 3.50. The van der Waals surface area contributed by atoms with Gasteiger partial charge in [0.05, 0.1) is 24.8 Å². The second-order valence-corrected chi connectivity index (χ2v) is 8.98. The van der Waals surface area contributed by atoms with Crippen LogP contribution in [0, 0.1) is 0 Å². The normalized spacial score (nSPS) is 14.3. The molecule has 2 amide bonds. The van der Waals surface area contributed by atoms with E-state index in [0.29, 0.717) is 5.75 Å². The Labute approximate surface area is 238 Å². The highest BCUT2D eigenvalue weighted by atomic mass is 19.4. The van der Waals surface area contributed by atoms with Gasteiger partial charge in [-0.25, -0.2) is 9.78 Å². The molecule has 12 heteroatoms. The number of alkyl halides is 3. The smallest absolute Gasteiger partial charge is 0.490 e. The highest BCUT2D eigenvalue weighted by Crippen LogP contribution is 2.39.